The summed E-state index contributed by atoms with van der Waals surface area (Å²) in [7, 11) is 0. The van der Waals surface area contributed by atoms with Crippen LogP contribution in [0.4, 0.5) is 11.4 Å². The van der Waals surface area contributed by atoms with Crippen LogP contribution in [0.3, 0.4) is 0 Å². The Morgan fingerprint density at radius 2 is 2.16 bits per heavy atom. The van der Waals surface area contributed by atoms with Gasteiger partial charge in [0.05, 0.1) is 4.92 Å². The second kappa shape index (κ2) is 5.80. The zero-order valence-corrected chi connectivity index (χ0v) is 10.1. The summed E-state index contributed by atoms with van der Waals surface area (Å²) >= 11 is 0. The number of nitrogens with zero attached hydrogens (tertiary/aromatic N) is 1. The highest BCUT2D eigenvalue weighted by Crippen LogP contribution is 2.22. The van der Waals surface area contributed by atoms with E-state index in [0.29, 0.717) is 0 Å². The van der Waals surface area contributed by atoms with E-state index >= 15 is 0 Å². The Bertz CT molecular complexity index is 529. The van der Waals surface area contributed by atoms with Crippen molar-refractivity contribution in [1.29, 1.82) is 0 Å². The van der Waals surface area contributed by atoms with Gasteiger partial charge in [-0.1, -0.05) is 6.92 Å². The summed E-state index contributed by atoms with van der Waals surface area (Å²) in [6.45, 7) is 1.60. The molecule has 0 fully saturated rings. The van der Waals surface area contributed by atoms with Crippen molar-refractivity contribution in [2.45, 2.75) is 19.4 Å². The predicted molar refractivity (Wildman–Crippen MR) is 66.7 cm³/mol. The SMILES string of the molecule is CCC(NC(=O)c1ccc(N)c([N+](=O)[O-])c1)C(=O)O. The van der Waals surface area contributed by atoms with Crippen molar-refractivity contribution in [2.75, 3.05) is 5.73 Å². The lowest BCUT2D eigenvalue weighted by Crippen LogP contribution is -2.40. The molecule has 1 unspecified atom stereocenters. The molecule has 19 heavy (non-hydrogen) atoms. The van der Waals surface area contributed by atoms with E-state index in [1.54, 1.807) is 6.92 Å². The Morgan fingerprint density at radius 3 is 2.63 bits per heavy atom. The molecule has 0 aliphatic carbocycles. The highest BCUT2D eigenvalue weighted by atomic mass is 16.6. The maximum absolute atomic E-state index is 11.8. The minimum absolute atomic E-state index is 0.0133. The average Bonchev–Trinajstić information content (AvgIpc) is 2.35. The first-order valence-corrected chi connectivity index (χ1v) is 5.44. The number of anilines is 1. The molecule has 8 heteroatoms. The van der Waals surface area contributed by atoms with E-state index in [4.69, 9.17) is 10.8 Å². The zero-order chi connectivity index (χ0) is 14.6. The number of aliphatic carboxylic acids is 1. The Morgan fingerprint density at radius 1 is 1.53 bits per heavy atom. The fraction of sp³-hybridized carbons (Fsp3) is 0.273. The predicted octanol–water partition coefficient (Wildman–Crippen LogP) is 0.770. The van der Waals surface area contributed by atoms with E-state index in [1.165, 1.54) is 12.1 Å². The molecule has 1 atom stereocenters. The Balaban J connectivity index is 2.97. The van der Waals surface area contributed by atoms with Crippen molar-refractivity contribution < 1.29 is 19.6 Å². The van der Waals surface area contributed by atoms with Crippen molar-refractivity contribution in [1.82, 2.24) is 5.32 Å². The maximum Gasteiger partial charge on any atom is 0.326 e. The highest BCUT2D eigenvalue weighted by molar-refractivity contribution is 5.97. The third-order valence-corrected chi connectivity index (χ3v) is 2.50. The summed E-state index contributed by atoms with van der Waals surface area (Å²) in [5.41, 5.74) is 4.93. The van der Waals surface area contributed by atoms with E-state index in [2.05, 4.69) is 5.32 Å². The van der Waals surface area contributed by atoms with Crippen molar-refractivity contribution in [3.8, 4) is 0 Å². The minimum Gasteiger partial charge on any atom is -0.480 e. The lowest BCUT2D eigenvalue weighted by molar-refractivity contribution is -0.383. The van der Waals surface area contributed by atoms with Crippen LogP contribution < -0.4 is 11.1 Å². The molecular formula is C11H13N3O5. The minimum atomic E-state index is -1.17. The maximum atomic E-state index is 11.8. The average molecular weight is 267 g/mol. The van der Waals surface area contributed by atoms with Crippen LogP contribution in [0.15, 0.2) is 18.2 Å². The number of rotatable bonds is 5. The van der Waals surface area contributed by atoms with E-state index in [0.717, 1.165) is 6.07 Å². The largest absolute Gasteiger partial charge is 0.480 e. The molecule has 0 heterocycles. The molecule has 1 aromatic rings. The molecule has 0 aliphatic rings. The van der Waals surface area contributed by atoms with Crippen LogP contribution in [0.1, 0.15) is 23.7 Å². The number of nitro groups is 1. The zero-order valence-electron chi connectivity index (χ0n) is 10.1. The number of hydrogen-bond donors (Lipinski definition) is 3. The second-order valence-corrected chi connectivity index (χ2v) is 3.80. The molecule has 102 valence electrons. The van der Waals surface area contributed by atoms with Gasteiger partial charge in [-0.3, -0.25) is 14.9 Å². The van der Waals surface area contributed by atoms with Crippen molar-refractivity contribution in [3.05, 3.63) is 33.9 Å². The van der Waals surface area contributed by atoms with Gasteiger partial charge in [0.25, 0.3) is 11.6 Å². The van der Waals surface area contributed by atoms with Gasteiger partial charge in [-0.05, 0) is 18.6 Å². The van der Waals surface area contributed by atoms with Crippen LogP contribution in [0.2, 0.25) is 0 Å². The quantitative estimate of drug-likeness (QED) is 0.409. The summed E-state index contributed by atoms with van der Waals surface area (Å²) in [6, 6.07) is 2.50. The van der Waals surface area contributed by atoms with Gasteiger partial charge < -0.3 is 16.2 Å². The lowest BCUT2D eigenvalue weighted by atomic mass is 10.1. The molecule has 1 amide bonds. The summed E-state index contributed by atoms with van der Waals surface area (Å²) in [5, 5.41) is 21.8. The molecule has 0 saturated carbocycles. The molecule has 0 bridgehead atoms. The molecular weight excluding hydrogens is 254 g/mol. The van der Waals surface area contributed by atoms with Crippen LogP contribution >= 0.6 is 0 Å². The van der Waals surface area contributed by atoms with E-state index in [-0.39, 0.29) is 17.7 Å². The Labute approximate surface area is 108 Å². The lowest BCUT2D eigenvalue weighted by Gasteiger charge is -2.12. The first-order valence-electron chi connectivity index (χ1n) is 5.44. The van der Waals surface area contributed by atoms with Crippen LogP contribution in [0, 0.1) is 10.1 Å². The van der Waals surface area contributed by atoms with Crippen molar-refractivity contribution >= 4 is 23.3 Å². The molecule has 0 aliphatic heterocycles. The van der Waals surface area contributed by atoms with E-state index in [1.807, 2.05) is 0 Å². The first-order chi connectivity index (χ1) is 8.86. The number of nitrogens with two attached hydrogens (primary N) is 1. The third-order valence-electron chi connectivity index (χ3n) is 2.50. The summed E-state index contributed by atoms with van der Waals surface area (Å²) < 4.78 is 0. The number of nitrogens with one attached hydrogen (secondary N) is 1. The van der Waals surface area contributed by atoms with Gasteiger partial charge in [-0.15, -0.1) is 0 Å². The molecule has 0 spiro atoms. The molecule has 8 nitrogen and oxygen atoms in total. The first kappa shape index (κ1) is 14.4. The van der Waals surface area contributed by atoms with Crippen LogP contribution in [-0.2, 0) is 4.79 Å². The highest BCUT2D eigenvalue weighted by Gasteiger charge is 2.20. The summed E-state index contributed by atoms with van der Waals surface area (Å²) in [5.74, 6) is -1.86. The number of carbonyl (C=O) groups excluding carboxylic acids is 1. The third kappa shape index (κ3) is 3.41. The van der Waals surface area contributed by atoms with Crippen LogP contribution in [0.5, 0.6) is 0 Å². The van der Waals surface area contributed by atoms with Gasteiger partial charge >= 0.3 is 5.97 Å². The van der Waals surface area contributed by atoms with Crippen molar-refractivity contribution in [3.63, 3.8) is 0 Å². The van der Waals surface area contributed by atoms with Crippen molar-refractivity contribution in [2.24, 2.45) is 0 Å². The number of hydrogen-bond acceptors (Lipinski definition) is 5. The summed E-state index contributed by atoms with van der Waals surface area (Å²) in [4.78, 5) is 32.5. The van der Waals surface area contributed by atoms with Gasteiger partial charge in [0.1, 0.15) is 11.7 Å². The number of nitro benzene ring substituents is 1. The molecule has 1 aromatic carbocycles. The molecule has 0 saturated heterocycles. The monoisotopic (exact) mass is 267 g/mol. The van der Waals surface area contributed by atoms with Crippen LogP contribution in [0.25, 0.3) is 0 Å². The van der Waals surface area contributed by atoms with Crippen LogP contribution in [-0.4, -0.2) is 27.9 Å². The number of nitrogen functional groups attached to an aromatic ring is 1. The molecule has 0 radical (unpaired) electrons. The van der Waals surface area contributed by atoms with E-state index < -0.39 is 28.5 Å². The smallest absolute Gasteiger partial charge is 0.326 e. The van der Waals surface area contributed by atoms with Gasteiger partial charge in [0.15, 0.2) is 0 Å². The number of carbonyl (C=O) groups is 2. The Hall–Kier alpha value is -2.64. The second-order valence-electron chi connectivity index (χ2n) is 3.80. The number of amides is 1. The fourth-order valence-corrected chi connectivity index (χ4v) is 1.42. The van der Waals surface area contributed by atoms with Gasteiger partial charge in [-0.2, -0.15) is 0 Å². The number of carboxylic acids is 1. The van der Waals surface area contributed by atoms with E-state index in [9.17, 15) is 19.7 Å². The number of benzene rings is 1. The topological polar surface area (TPSA) is 136 Å². The molecule has 1 rings (SSSR count). The standard InChI is InChI=1S/C11H13N3O5/c1-2-8(11(16)17)13-10(15)6-3-4-7(12)9(5-6)14(18)19/h3-5,8H,2,12H2,1H3,(H,13,15)(H,16,17). The summed E-state index contributed by atoms with van der Waals surface area (Å²) in [6.07, 6.45) is 0.206. The normalized spacial score (nSPS) is 11.6. The number of carboxylic acid groups (broad SMARTS) is 1. The fourth-order valence-electron chi connectivity index (χ4n) is 1.42. The van der Waals surface area contributed by atoms with Gasteiger partial charge in [0.2, 0.25) is 0 Å². The molecule has 4 N–H and O–H groups in total. The molecule has 0 aromatic heterocycles. The van der Waals surface area contributed by atoms with Gasteiger partial charge in [-0.25, -0.2) is 4.79 Å². The Kier molecular flexibility index (Phi) is 4.41. The van der Waals surface area contributed by atoms with Gasteiger partial charge in [0, 0.05) is 11.6 Å².